The molecule has 0 aliphatic carbocycles. The molecular formula is C10H7ClN2O2. The van der Waals surface area contributed by atoms with Gasteiger partial charge in [-0.05, 0) is 24.3 Å². The summed E-state index contributed by atoms with van der Waals surface area (Å²) in [5, 5.41) is 0.610. The predicted octanol–water partition coefficient (Wildman–Crippen LogP) is 2.39. The lowest BCUT2D eigenvalue weighted by Crippen LogP contribution is -1.85. The molecule has 76 valence electrons. The minimum absolute atomic E-state index is 0.0259. The first kappa shape index (κ1) is 9.73. The number of aromatic nitrogens is 1. The van der Waals surface area contributed by atoms with Crippen LogP contribution in [0.1, 0.15) is 10.5 Å². The highest BCUT2D eigenvalue weighted by Crippen LogP contribution is 2.26. The third-order valence-electron chi connectivity index (χ3n) is 1.89. The number of aldehydes is 1. The number of carbonyl (C=O) groups excluding carboxylic acids is 1. The summed E-state index contributed by atoms with van der Waals surface area (Å²) in [6.45, 7) is 0. The van der Waals surface area contributed by atoms with Gasteiger partial charge in [-0.3, -0.25) is 4.79 Å². The Morgan fingerprint density at radius 1 is 1.33 bits per heavy atom. The van der Waals surface area contributed by atoms with E-state index in [0.29, 0.717) is 22.6 Å². The minimum atomic E-state index is -0.0259. The number of hydrogen-bond acceptors (Lipinski definition) is 4. The number of oxazole rings is 1. The molecule has 0 amide bonds. The van der Waals surface area contributed by atoms with E-state index >= 15 is 0 Å². The zero-order chi connectivity index (χ0) is 10.8. The van der Waals surface area contributed by atoms with Crippen LogP contribution in [0.2, 0.25) is 5.02 Å². The normalized spacial score (nSPS) is 10.2. The number of carbonyl (C=O) groups is 1. The van der Waals surface area contributed by atoms with Crippen LogP contribution in [0.25, 0.3) is 11.3 Å². The molecule has 0 atom stereocenters. The molecule has 0 saturated heterocycles. The Kier molecular flexibility index (Phi) is 2.43. The van der Waals surface area contributed by atoms with Crippen molar-refractivity contribution >= 4 is 23.9 Å². The summed E-state index contributed by atoms with van der Waals surface area (Å²) in [4.78, 5) is 14.4. The molecule has 5 heteroatoms. The molecule has 4 nitrogen and oxygen atoms in total. The second kappa shape index (κ2) is 3.74. The molecule has 2 N–H and O–H groups in total. The third-order valence-corrected chi connectivity index (χ3v) is 2.14. The molecule has 15 heavy (non-hydrogen) atoms. The van der Waals surface area contributed by atoms with Crippen LogP contribution >= 0.6 is 11.6 Å². The Balaban J connectivity index is 2.52. The molecule has 1 heterocycles. The molecule has 0 aliphatic heterocycles. The Labute approximate surface area is 90.7 Å². The lowest BCUT2D eigenvalue weighted by molar-refractivity contribution is 0.112. The van der Waals surface area contributed by atoms with Crippen LogP contribution in [-0.2, 0) is 0 Å². The van der Waals surface area contributed by atoms with Gasteiger partial charge in [-0.15, -0.1) is 0 Å². The van der Waals surface area contributed by atoms with Gasteiger partial charge in [0.1, 0.15) is 0 Å². The third kappa shape index (κ3) is 1.85. The second-order valence-corrected chi connectivity index (χ2v) is 3.33. The van der Waals surface area contributed by atoms with E-state index < -0.39 is 0 Å². The molecule has 2 aromatic rings. The highest BCUT2D eigenvalue weighted by molar-refractivity contribution is 6.30. The van der Waals surface area contributed by atoms with Crippen molar-refractivity contribution in [3.8, 4) is 11.3 Å². The number of hydrogen-bond donors (Lipinski definition) is 1. The molecule has 2 rings (SSSR count). The van der Waals surface area contributed by atoms with Gasteiger partial charge in [0.15, 0.2) is 17.7 Å². The van der Waals surface area contributed by atoms with Crippen molar-refractivity contribution in [1.29, 1.82) is 0 Å². The first-order chi connectivity index (χ1) is 7.20. The van der Waals surface area contributed by atoms with Crippen LogP contribution in [0.3, 0.4) is 0 Å². The molecular weight excluding hydrogens is 216 g/mol. The van der Waals surface area contributed by atoms with Crippen molar-refractivity contribution in [1.82, 2.24) is 4.98 Å². The minimum Gasteiger partial charge on any atom is -0.423 e. The van der Waals surface area contributed by atoms with Crippen LogP contribution < -0.4 is 5.73 Å². The number of nitrogen functional groups attached to an aromatic ring is 1. The van der Waals surface area contributed by atoms with E-state index in [1.807, 2.05) is 0 Å². The van der Waals surface area contributed by atoms with E-state index in [1.165, 1.54) is 0 Å². The topological polar surface area (TPSA) is 69.1 Å². The second-order valence-electron chi connectivity index (χ2n) is 2.89. The zero-order valence-electron chi connectivity index (χ0n) is 7.61. The molecule has 0 aliphatic rings. The molecule has 1 aromatic heterocycles. The van der Waals surface area contributed by atoms with Crippen LogP contribution in [0.15, 0.2) is 28.7 Å². The lowest BCUT2D eigenvalue weighted by Gasteiger charge is -1.96. The predicted molar refractivity (Wildman–Crippen MR) is 56.7 cm³/mol. The van der Waals surface area contributed by atoms with Crippen LogP contribution in [0.4, 0.5) is 6.01 Å². The molecule has 0 saturated carbocycles. The van der Waals surface area contributed by atoms with Gasteiger partial charge in [-0.1, -0.05) is 11.6 Å². The Morgan fingerprint density at radius 2 is 2.00 bits per heavy atom. The highest BCUT2D eigenvalue weighted by atomic mass is 35.5. The largest absolute Gasteiger partial charge is 0.423 e. The zero-order valence-corrected chi connectivity index (χ0v) is 8.36. The molecule has 0 spiro atoms. The van der Waals surface area contributed by atoms with E-state index in [1.54, 1.807) is 24.3 Å². The first-order valence-electron chi connectivity index (χ1n) is 4.18. The fourth-order valence-electron chi connectivity index (χ4n) is 1.24. The van der Waals surface area contributed by atoms with Crippen molar-refractivity contribution in [2.45, 2.75) is 0 Å². The van der Waals surface area contributed by atoms with Gasteiger partial charge >= 0.3 is 0 Å². The quantitative estimate of drug-likeness (QED) is 0.792. The number of halogens is 1. The standard InChI is InChI=1S/C10H7ClN2O2/c11-7-3-1-6(2-4-7)9-8(5-14)13-10(12)15-9/h1-5H,(H2,12,13). The number of anilines is 1. The van der Waals surface area contributed by atoms with Crippen LogP contribution in [0, 0.1) is 0 Å². The van der Waals surface area contributed by atoms with Crippen LogP contribution in [-0.4, -0.2) is 11.3 Å². The maximum absolute atomic E-state index is 10.7. The monoisotopic (exact) mass is 222 g/mol. The molecule has 0 unspecified atom stereocenters. The number of rotatable bonds is 2. The molecule has 0 radical (unpaired) electrons. The summed E-state index contributed by atoms with van der Waals surface area (Å²) in [6.07, 6.45) is 0.601. The fourth-order valence-corrected chi connectivity index (χ4v) is 1.36. The van der Waals surface area contributed by atoms with Gasteiger partial charge in [-0.2, -0.15) is 4.98 Å². The summed E-state index contributed by atoms with van der Waals surface area (Å²) < 4.78 is 5.12. The van der Waals surface area contributed by atoms with Crippen molar-refractivity contribution in [2.24, 2.45) is 0 Å². The maximum Gasteiger partial charge on any atom is 0.293 e. The first-order valence-corrected chi connectivity index (χ1v) is 4.56. The summed E-state index contributed by atoms with van der Waals surface area (Å²) in [7, 11) is 0. The Hall–Kier alpha value is -1.81. The number of nitrogens with two attached hydrogens (primary N) is 1. The maximum atomic E-state index is 10.7. The summed E-state index contributed by atoms with van der Waals surface area (Å²) in [6, 6.07) is 6.83. The SMILES string of the molecule is Nc1nc(C=O)c(-c2ccc(Cl)cc2)o1. The lowest BCUT2D eigenvalue weighted by atomic mass is 10.1. The molecule has 0 fully saturated rings. The number of nitrogens with zero attached hydrogens (tertiary/aromatic N) is 1. The van der Waals surface area contributed by atoms with E-state index in [0.717, 1.165) is 0 Å². The summed E-state index contributed by atoms with van der Waals surface area (Å²) >= 11 is 5.74. The van der Waals surface area contributed by atoms with Gasteiger partial charge in [0.05, 0.1) is 0 Å². The van der Waals surface area contributed by atoms with Gasteiger partial charge in [-0.25, -0.2) is 0 Å². The van der Waals surface area contributed by atoms with Crippen molar-refractivity contribution in [3.05, 3.63) is 35.0 Å². The number of benzene rings is 1. The molecule has 1 aromatic carbocycles. The van der Waals surface area contributed by atoms with E-state index in [2.05, 4.69) is 4.98 Å². The smallest absolute Gasteiger partial charge is 0.293 e. The van der Waals surface area contributed by atoms with Crippen molar-refractivity contribution < 1.29 is 9.21 Å². The van der Waals surface area contributed by atoms with Gasteiger partial charge in [0.2, 0.25) is 0 Å². The Bertz CT molecular complexity index is 491. The van der Waals surface area contributed by atoms with Gasteiger partial charge in [0.25, 0.3) is 6.01 Å². The van der Waals surface area contributed by atoms with Crippen LogP contribution in [0.5, 0.6) is 0 Å². The van der Waals surface area contributed by atoms with E-state index in [-0.39, 0.29) is 11.7 Å². The highest BCUT2D eigenvalue weighted by Gasteiger charge is 2.12. The van der Waals surface area contributed by atoms with Crippen molar-refractivity contribution in [3.63, 3.8) is 0 Å². The van der Waals surface area contributed by atoms with E-state index in [9.17, 15) is 4.79 Å². The van der Waals surface area contributed by atoms with Gasteiger partial charge < -0.3 is 10.2 Å². The average Bonchev–Trinajstić information content (AvgIpc) is 2.61. The van der Waals surface area contributed by atoms with Gasteiger partial charge in [0, 0.05) is 10.6 Å². The summed E-state index contributed by atoms with van der Waals surface area (Å²) in [5.74, 6) is 0.360. The van der Waals surface area contributed by atoms with Crippen molar-refractivity contribution in [2.75, 3.05) is 5.73 Å². The Morgan fingerprint density at radius 3 is 2.60 bits per heavy atom. The average molecular weight is 223 g/mol. The van der Waals surface area contributed by atoms with E-state index in [4.69, 9.17) is 21.8 Å². The molecule has 0 bridgehead atoms. The summed E-state index contributed by atoms with van der Waals surface area (Å²) in [5.41, 5.74) is 6.26. The fraction of sp³-hybridized carbons (Fsp3) is 0.